The first-order chi connectivity index (χ1) is 12.6. The van der Waals surface area contributed by atoms with Gasteiger partial charge in [0.1, 0.15) is 6.54 Å². The lowest BCUT2D eigenvalue weighted by Gasteiger charge is -2.26. The molecule has 4 rings (SSSR count). The Morgan fingerprint density at radius 2 is 2.12 bits per heavy atom. The van der Waals surface area contributed by atoms with Gasteiger partial charge in [0.05, 0.1) is 31.8 Å². The normalized spacial score (nSPS) is 18.2. The summed E-state index contributed by atoms with van der Waals surface area (Å²) in [5.41, 5.74) is 3.67. The lowest BCUT2D eigenvalue weighted by atomic mass is 9.90. The summed E-state index contributed by atoms with van der Waals surface area (Å²) >= 11 is 0. The summed E-state index contributed by atoms with van der Waals surface area (Å²) in [5, 5.41) is 0. The van der Waals surface area contributed by atoms with E-state index in [9.17, 15) is 4.79 Å². The zero-order valence-corrected chi connectivity index (χ0v) is 15.3. The highest BCUT2D eigenvalue weighted by molar-refractivity contribution is 6.11. The molecule has 2 aliphatic rings. The number of rotatable bonds is 4. The van der Waals surface area contributed by atoms with E-state index in [-0.39, 0.29) is 12.6 Å². The molecule has 0 spiro atoms. The first kappa shape index (κ1) is 16.7. The lowest BCUT2D eigenvalue weighted by molar-refractivity contribution is -0.895. The number of hydrogen-bond acceptors (Lipinski definition) is 4. The van der Waals surface area contributed by atoms with Crippen LogP contribution in [0.15, 0.2) is 24.4 Å². The Morgan fingerprint density at radius 3 is 2.85 bits per heavy atom. The van der Waals surface area contributed by atoms with E-state index in [1.807, 2.05) is 36.0 Å². The molecule has 0 saturated heterocycles. The fraction of sp³-hybridized carbons (Fsp3) is 0.350. The fourth-order valence-electron chi connectivity index (χ4n) is 3.75. The highest BCUT2D eigenvalue weighted by Crippen LogP contribution is 2.48. The Labute approximate surface area is 152 Å². The van der Waals surface area contributed by atoms with Gasteiger partial charge in [0.25, 0.3) is 0 Å². The van der Waals surface area contributed by atoms with Crippen molar-refractivity contribution < 1.29 is 23.9 Å². The zero-order valence-electron chi connectivity index (χ0n) is 15.3. The first-order valence-corrected chi connectivity index (χ1v) is 8.76. The molecule has 1 unspecified atom stereocenters. The predicted octanol–water partition coefficient (Wildman–Crippen LogP) is 1.23. The van der Waals surface area contributed by atoms with Gasteiger partial charge in [-0.1, -0.05) is 0 Å². The molecule has 0 fully saturated rings. The van der Waals surface area contributed by atoms with Crippen LogP contribution in [0.1, 0.15) is 27.2 Å². The third kappa shape index (κ3) is 2.66. The van der Waals surface area contributed by atoms with Gasteiger partial charge in [-0.2, -0.15) is 0 Å². The fourth-order valence-corrected chi connectivity index (χ4v) is 3.75. The largest absolute Gasteiger partial charge is 0.492 e. The van der Waals surface area contributed by atoms with Gasteiger partial charge in [-0.25, -0.2) is 0 Å². The SMILES string of the molecule is COc1c2c(c(C(=O)/C=C/c3cccn3C)c3c1OCO3)CC[NH+](C)C2. The minimum atomic E-state index is -0.0635. The number of quaternary nitrogens is 1. The molecule has 0 radical (unpaired) electrons. The van der Waals surface area contributed by atoms with E-state index in [2.05, 4.69) is 7.05 Å². The minimum Gasteiger partial charge on any atom is -0.492 e. The van der Waals surface area contributed by atoms with E-state index >= 15 is 0 Å². The Hall–Kier alpha value is -2.73. The molecule has 0 saturated carbocycles. The molecule has 1 aromatic carbocycles. The second-order valence-electron chi connectivity index (χ2n) is 6.81. The molecule has 26 heavy (non-hydrogen) atoms. The molecule has 0 amide bonds. The standard InChI is InChI=1S/C20H22N2O4/c1-21-10-8-14-15(11-21)18(24-3)20-19(25-12-26-20)17(14)16(23)7-6-13-5-4-9-22(13)2/h4-7,9H,8,10-12H2,1-3H3/p+1/b7-6+. The monoisotopic (exact) mass is 355 g/mol. The maximum Gasteiger partial charge on any atom is 0.231 e. The summed E-state index contributed by atoms with van der Waals surface area (Å²) in [5.74, 6) is 1.71. The van der Waals surface area contributed by atoms with Crippen molar-refractivity contribution in [2.45, 2.75) is 13.0 Å². The van der Waals surface area contributed by atoms with Crippen molar-refractivity contribution in [2.75, 3.05) is 27.5 Å². The number of carbonyl (C=O) groups excluding carboxylic acids is 1. The van der Waals surface area contributed by atoms with Crippen molar-refractivity contribution in [1.82, 2.24) is 4.57 Å². The quantitative estimate of drug-likeness (QED) is 0.662. The predicted molar refractivity (Wildman–Crippen MR) is 97.1 cm³/mol. The van der Waals surface area contributed by atoms with Crippen LogP contribution >= 0.6 is 0 Å². The molecule has 6 heteroatoms. The maximum absolute atomic E-state index is 13.1. The summed E-state index contributed by atoms with van der Waals surface area (Å²) in [6.45, 7) is 1.88. The highest BCUT2D eigenvalue weighted by atomic mass is 16.7. The van der Waals surface area contributed by atoms with E-state index in [4.69, 9.17) is 14.2 Å². The van der Waals surface area contributed by atoms with E-state index < -0.39 is 0 Å². The molecule has 1 N–H and O–H groups in total. The van der Waals surface area contributed by atoms with Crippen LogP contribution in [0, 0.1) is 0 Å². The number of aryl methyl sites for hydroxylation is 1. The zero-order chi connectivity index (χ0) is 18.3. The van der Waals surface area contributed by atoms with Crippen LogP contribution in [0.3, 0.4) is 0 Å². The molecule has 3 heterocycles. The van der Waals surface area contributed by atoms with Crippen LogP contribution in [-0.2, 0) is 20.0 Å². The number of fused-ring (bicyclic) bond motifs is 2. The molecule has 136 valence electrons. The average molecular weight is 355 g/mol. The molecular weight excluding hydrogens is 332 g/mol. The van der Waals surface area contributed by atoms with Gasteiger partial charge >= 0.3 is 0 Å². The summed E-state index contributed by atoms with van der Waals surface area (Å²) < 4.78 is 18.9. The number of ether oxygens (including phenoxy) is 3. The molecule has 0 aliphatic carbocycles. The van der Waals surface area contributed by atoms with E-state index in [1.165, 1.54) is 4.90 Å². The molecule has 6 nitrogen and oxygen atoms in total. The van der Waals surface area contributed by atoms with Crippen molar-refractivity contribution >= 4 is 11.9 Å². The van der Waals surface area contributed by atoms with Gasteiger partial charge in [0.2, 0.25) is 12.5 Å². The number of nitrogens with zero attached hydrogens (tertiary/aromatic N) is 1. The number of likely N-dealkylation sites (N-methyl/N-ethyl adjacent to an activating group) is 1. The number of hydrogen-bond donors (Lipinski definition) is 1. The van der Waals surface area contributed by atoms with Crippen LogP contribution in [0.4, 0.5) is 0 Å². The van der Waals surface area contributed by atoms with Gasteiger partial charge in [-0.3, -0.25) is 4.79 Å². The van der Waals surface area contributed by atoms with E-state index in [0.717, 1.165) is 36.3 Å². The summed E-state index contributed by atoms with van der Waals surface area (Å²) in [4.78, 5) is 14.5. The van der Waals surface area contributed by atoms with E-state index in [1.54, 1.807) is 13.2 Å². The number of allylic oxidation sites excluding steroid dienone is 1. The molecule has 2 aliphatic heterocycles. The number of nitrogens with one attached hydrogen (secondary N) is 1. The second-order valence-corrected chi connectivity index (χ2v) is 6.81. The van der Waals surface area contributed by atoms with Gasteiger partial charge in [-0.05, 0) is 29.8 Å². The highest BCUT2D eigenvalue weighted by Gasteiger charge is 2.35. The summed E-state index contributed by atoms with van der Waals surface area (Å²) in [6.07, 6.45) is 6.21. The van der Waals surface area contributed by atoms with Crippen LogP contribution in [0.2, 0.25) is 0 Å². The number of aromatic nitrogens is 1. The van der Waals surface area contributed by atoms with Crippen molar-refractivity contribution in [1.29, 1.82) is 0 Å². The van der Waals surface area contributed by atoms with Crippen molar-refractivity contribution in [3.05, 3.63) is 46.8 Å². The minimum absolute atomic E-state index is 0.0635. The third-order valence-corrected chi connectivity index (χ3v) is 5.11. The Bertz CT molecular complexity index is 898. The Morgan fingerprint density at radius 1 is 1.31 bits per heavy atom. The Kier molecular flexibility index (Phi) is 4.20. The molecule has 0 bridgehead atoms. The number of benzene rings is 1. The van der Waals surface area contributed by atoms with Crippen molar-refractivity contribution in [3.63, 3.8) is 0 Å². The summed E-state index contributed by atoms with van der Waals surface area (Å²) in [7, 11) is 5.73. The average Bonchev–Trinajstić information content (AvgIpc) is 3.26. The van der Waals surface area contributed by atoms with Gasteiger partial charge in [-0.15, -0.1) is 0 Å². The van der Waals surface area contributed by atoms with Gasteiger partial charge in [0, 0.05) is 25.4 Å². The second kappa shape index (κ2) is 6.53. The summed E-state index contributed by atoms with van der Waals surface area (Å²) in [6, 6.07) is 3.92. The van der Waals surface area contributed by atoms with Crippen LogP contribution in [-0.4, -0.2) is 37.8 Å². The van der Waals surface area contributed by atoms with Crippen molar-refractivity contribution in [3.8, 4) is 17.2 Å². The third-order valence-electron chi connectivity index (χ3n) is 5.11. The lowest BCUT2D eigenvalue weighted by Crippen LogP contribution is -3.08. The smallest absolute Gasteiger partial charge is 0.231 e. The molecule has 1 aromatic heterocycles. The molecule has 2 aromatic rings. The topological polar surface area (TPSA) is 54.1 Å². The number of carbonyl (C=O) groups is 1. The molecule has 1 atom stereocenters. The Balaban J connectivity index is 1.82. The van der Waals surface area contributed by atoms with Crippen LogP contribution in [0.25, 0.3) is 6.08 Å². The van der Waals surface area contributed by atoms with Crippen LogP contribution in [0.5, 0.6) is 17.2 Å². The van der Waals surface area contributed by atoms with Gasteiger partial charge in [0.15, 0.2) is 17.3 Å². The number of ketones is 1. The van der Waals surface area contributed by atoms with E-state index in [0.29, 0.717) is 22.8 Å². The maximum atomic E-state index is 13.1. The molecular formula is C20H23N2O4+. The van der Waals surface area contributed by atoms with Gasteiger partial charge < -0.3 is 23.7 Å². The van der Waals surface area contributed by atoms with Crippen LogP contribution < -0.4 is 19.1 Å². The first-order valence-electron chi connectivity index (χ1n) is 8.76. The number of methoxy groups -OCH3 is 1. The van der Waals surface area contributed by atoms with Crippen molar-refractivity contribution in [2.24, 2.45) is 7.05 Å².